The minimum Gasteiger partial charge on any atom is -0.341 e. The Labute approximate surface area is 124 Å². The Morgan fingerprint density at radius 3 is 2.20 bits per heavy atom. The van der Waals surface area contributed by atoms with Crippen molar-refractivity contribution < 1.29 is 9.59 Å². The summed E-state index contributed by atoms with van der Waals surface area (Å²) in [6.07, 6.45) is 0. The van der Waals surface area contributed by atoms with Crippen LogP contribution in [-0.4, -0.2) is 25.0 Å². The molecule has 6 nitrogen and oxygen atoms in total. The summed E-state index contributed by atoms with van der Waals surface area (Å²) in [5, 5.41) is 7.79. The van der Waals surface area contributed by atoms with Gasteiger partial charge in [0.1, 0.15) is 0 Å². The van der Waals surface area contributed by atoms with E-state index in [1.54, 1.807) is 24.3 Å². The molecule has 0 aromatic heterocycles. The molecule has 0 saturated heterocycles. The number of anilines is 2. The van der Waals surface area contributed by atoms with Crippen molar-refractivity contribution in [2.75, 3.05) is 17.7 Å². The normalized spacial score (nSPS) is 11.2. The largest absolute Gasteiger partial charge is 0.341 e. The predicted octanol–water partition coefficient (Wildman–Crippen LogP) is 1.78. The quantitative estimate of drug-likeness (QED) is 0.682. The second-order valence-electron chi connectivity index (χ2n) is 4.54. The first-order valence-electron chi connectivity index (χ1n) is 6.09. The van der Waals surface area contributed by atoms with Gasteiger partial charge in [-0.05, 0) is 24.1 Å². The number of hydrogen-bond donors (Lipinski definition) is 4. The Kier molecular flexibility index (Phi) is 7.64. The van der Waals surface area contributed by atoms with Crippen molar-refractivity contribution in [3.05, 3.63) is 24.3 Å². The van der Waals surface area contributed by atoms with Gasteiger partial charge in [0.15, 0.2) is 0 Å². The van der Waals surface area contributed by atoms with Crippen LogP contribution in [0.4, 0.5) is 16.2 Å². The van der Waals surface area contributed by atoms with E-state index < -0.39 is 6.04 Å². The van der Waals surface area contributed by atoms with Crippen LogP contribution in [0.3, 0.4) is 0 Å². The second kappa shape index (κ2) is 8.39. The molecule has 1 rings (SSSR count). The van der Waals surface area contributed by atoms with Crippen molar-refractivity contribution in [1.29, 1.82) is 0 Å². The van der Waals surface area contributed by atoms with Gasteiger partial charge in [-0.3, -0.25) is 4.79 Å². The van der Waals surface area contributed by atoms with Gasteiger partial charge in [-0.15, -0.1) is 12.4 Å². The average Bonchev–Trinajstić information content (AvgIpc) is 2.37. The first-order chi connectivity index (χ1) is 8.93. The van der Waals surface area contributed by atoms with Gasteiger partial charge in [0.05, 0.1) is 6.04 Å². The van der Waals surface area contributed by atoms with E-state index in [9.17, 15) is 9.59 Å². The zero-order chi connectivity index (χ0) is 14.4. The summed E-state index contributed by atoms with van der Waals surface area (Å²) >= 11 is 0. The van der Waals surface area contributed by atoms with Crippen molar-refractivity contribution in [2.24, 2.45) is 11.7 Å². The summed E-state index contributed by atoms with van der Waals surface area (Å²) in [7, 11) is 1.53. The number of urea groups is 1. The van der Waals surface area contributed by atoms with E-state index in [2.05, 4.69) is 16.0 Å². The number of hydrogen-bond acceptors (Lipinski definition) is 3. The summed E-state index contributed by atoms with van der Waals surface area (Å²) in [6, 6.07) is 5.99. The van der Waals surface area contributed by atoms with Gasteiger partial charge in [0, 0.05) is 18.4 Å². The Morgan fingerprint density at radius 1 is 1.15 bits per heavy atom. The lowest BCUT2D eigenvalue weighted by atomic mass is 10.0. The molecule has 1 aromatic carbocycles. The van der Waals surface area contributed by atoms with Gasteiger partial charge in [-0.25, -0.2) is 4.79 Å². The predicted molar refractivity (Wildman–Crippen MR) is 83.2 cm³/mol. The maximum absolute atomic E-state index is 11.8. The summed E-state index contributed by atoms with van der Waals surface area (Å²) in [5.41, 5.74) is 6.94. The molecule has 0 unspecified atom stereocenters. The smallest absolute Gasteiger partial charge is 0.318 e. The van der Waals surface area contributed by atoms with Crippen molar-refractivity contribution in [1.82, 2.24) is 5.32 Å². The summed E-state index contributed by atoms with van der Waals surface area (Å²) in [4.78, 5) is 23.0. The summed E-state index contributed by atoms with van der Waals surface area (Å²) in [6.45, 7) is 3.77. The monoisotopic (exact) mass is 300 g/mol. The molecule has 0 aliphatic heterocycles. The minimum absolute atomic E-state index is 0. The lowest BCUT2D eigenvalue weighted by Crippen LogP contribution is -2.39. The van der Waals surface area contributed by atoms with Crippen LogP contribution >= 0.6 is 12.4 Å². The molecule has 112 valence electrons. The van der Waals surface area contributed by atoms with E-state index in [0.29, 0.717) is 11.4 Å². The van der Waals surface area contributed by atoms with Crippen molar-refractivity contribution in [2.45, 2.75) is 19.9 Å². The standard InChI is InChI=1S/C13H20N4O2.ClH/c1-8(2)11(14)12(18)16-9-5-4-6-10(7-9)17-13(19)15-3;/h4-8,11H,14H2,1-3H3,(H,16,18)(H2,15,17,19);1H/t11-;/m0./s1. The first kappa shape index (κ1) is 18.2. The molecule has 7 heteroatoms. The molecular formula is C13H21ClN4O2. The Balaban J connectivity index is 0.00000361. The zero-order valence-corrected chi connectivity index (χ0v) is 12.6. The van der Waals surface area contributed by atoms with E-state index in [0.717, 1.165) is 0 Å². The van der Waals surface area contributed by atoms with E-state index in [1.165, 1.54) is 7.05 Å². The number of halogens is 1. The average molecular weight is 301 g/mol. The second-order valence-corrected chi connectivity index (χ2v) is 4.54. The Hall–Kier alpha value is -1.79. The zero-order valence-electron chi connectivity index (χ0n) is 11.8. The van der Waals surface area contributed by atoms with Crippen LogP contribution in [0, 0.1) is 5.92 Å². The highest BCUT2D eigenvalue weighted by molar-refractivity contribution is 5.96. The third kappa shape index (κ3) is 5.46. The van der Waals surface area contributed by atoms with Gasteiger partial charge in [-0.1, -0.05) is 19.9 Å². The minimum atomic E-state index is -0.560. The molecule has 20 heavy (non-hydrogen) atoms. The van der Waals surface area contributed by atoms with Crippen LogP contribution in [0.1, 0.15) is 13.8 Å². The summed E-state index contributed by atoms with van der Waals surface area (Å²) < 4.78 is 0. The molecule has 0 aliphatic rings. The first-order valence-corrected chi connectivity index (χ1v) is 6.09. The van der Waals surface area contributed by atoms with Crippen LogP contribution in [-0.2, 0) is 4.79 Å². The van der Waals surface area contributed by atoms with Gasteiger partial charge < -0.3 is 21.7 Å². The van der Waals surface area contributed by atoms with Crippen molar-refractivity contribution in [3.63, 3.8) is 0 Å². The molecule has 0 aliphatic carbocycles. The molecule has 0 spiro atoms. The highest BCUT2D eigenvalue weighted by atomic mass is 35.5. The van der Waals surface area contributed by atoms with Gasteiger partial charge >= 0.3 is 6.03 Å². The molecule has 1 atom stereocenters. The number of amides is 3. The third-order valence-corrected chi connectivity index (χ3v) is 2.64. The maximum atomic E-state index is 11.8. The van der Waals surface area contributed by atoms with Gasteiger partial charge in [0.2, 0.25) is 5.91 Å². The topological polar surface area (TPSA) is 96.2 Å². The van der Waals surface area contributed by atoms with Crippen LogP contribution in [0.15, 0.2) is 24.3 Å². The van der Waals surface area contributed by atoms with E-state index in [-0.39, 0.29) is 30.3 Å². The number of rotatable bonds is 4. The molecule has 5 N–H and O–H groups in total. The lowest BCUT2D eigenvalue weighted by Gasteiger charge is -2.15. The van der Waals surface area contributed by atoms with Gasteiger partial charge in [0.25, 0.3) is 0 Å². The third-order valence-electron chi connectivity index (χ3n) is 2.64. The highest BCUT2D eigenvalue weighted by Gasteiger charge is 2.17. The highest BCUT2D eigenvalue weighted by Crippen LogP contribution is 2.15. The van der Waals surface area contributed by atoms with Crippen LogP contribution in [0.25, 0.3) is 0 Å². The fourth-order valence-corrected chi connectivity index (χ4v) is 1.40. The van der Waals surface area contributed by atoms with Crippen molar-refractivity contribution >= 4 is 35.7 Å². The van der Waals surface area contributed by atoms with E-state index in [1.807, 2.05) is 13.8 Å². The van der Waals surface area contributed by atoms with Crippen LogP contribution < -0.4 is 21.7 Å². The Bertz CT molecular complexity index is 465. The lowest BCUT2D eigenvalue weighted by molar-refractivity contribution is -0.118. The molecule has 3 amide bonds. The number of carbonyl (C=O) groups is 2. The number of nitrogens with one attached hydrogen (secondary N) is 3. The van der Waals surface area contributed by atoms with Crippen molar-refractivity contribution in [3.8, 4) is 0 Å². The van der Waals surface area contributed by atoms with Crippen LogP contribution in [0.5, 0.6) is 0 Å². The van der Waals surface area contributed by atoms with E-state index in [4.69, 9.17) is 5.73 Å². The Morgan fingerprint density at radius 2 is 1.70 bits per heavy atom. The molecule has 0 heterocycles. The molecule has 0 bridgehead atoms. The number of carbonyl (C=O) groups excluding carboxylic acids is 2. The SMILES string of the molecule is CNC(=O)Nc1cccc(NC(=O)[C@@H](N)C(C)C)c1.Cl. The fourth-order valence-electron chi connectivity index (χ4n) is 1.40. The maximum Gasteiger partial charge on any atom is 0.318 e. The number of nitrogens with two attached hydrogens (primary N) is 1. The molecular weight excluding hydrogens is 280 g/mol. The van der Waals surface area contributed by atoms with Crippen LogP contribution in [0.2, 0.25) is 0 Å². The molecule has 0 saturated carbocycles. The molecule has 1 aromatic rings. The fraction of sp³-hybridized carbons (Fsp3) is 0.385. The van der Waals surface area contributed by atoms with E-state index >= 15 is 0 Å². The number of benzene rings is 1. The molecule has 0 radical (unpaired) electrons. The van der Waals surface area contributed by atoms with Gasteiger partial charge in [-0.2, -0.15) is 0 Å². The summed E-state index contributed by atoms with van der Waals surface area (Å²) in [5.74, 6) is -0.181. The molecule has 0 fully saturated rings.